The van der Waals surface area contributed by atoms with Crippen LogP contribution in [0.1, 0.15) is 6.42 Å². The molecule has 23 heavy (non-hydrogen) atoms. The lowest BCUT2D eigenvalue weighted by Gasteiger charge is -2.38. The lowest BCUT2D eigenvalue weighted by atomic mass is 10.1. The third kappa shape index (κ3) is 4.09. The fourth-order valence-electron chi connectivity index (χ4n) is 3.18. The molecule has 0 bridgehead atoms. The second-order valence-electron chi connectivity index (χ2n) is 6.08. The number of ether oxygens (including phenoxy) is 1. The highest BCUT2D eigenvalue weighted by molar-refractivity contribution is 6.33. The molecule has 1 aromatic rings. The predicted molar refractivity (Wildman–Crippen MR) is 95.5 cm³/mol. The van der Waals surface area contributed by atoms with Gasteiger partial charge in [-0.25, -0.2) is 0 Å². The zero-order chi connectivity index (χ0) is 16.1. The van der Waals surface area contributed by atoms with Gasteiger partial charge in [-0.3, -0.25) is 4.99 Å². The van der Waals surface area contributed by atoms with Crippen LogP contribution in [0.2, 0.25) is 5.02 Å². The second kappa shape index (κ2) is 7.88. The molecule has 2 aliphatic rings. The third-order valence-electron chi connectivity index (χ3n) is 4.56. The van der Waals surface area contributed by atoms with E-state index in [0.717, 1.165) is 69.0 Å². The molecule has 0 aliphatic carbocycles. The Morgan fingerprint density at radius 3 is 2.74 bits per heavy atom. The molecule has 3 rings (SSSR count). The normalized spacial score (nSPS) is 22.5. The van der Waals surface area contributed by atoms with Crippen LogP contribution in [-0.2, 0) is 4.74 Å². The summed E-state index contributed by atoms with van der Waals surface area (Å²) in [6, 6.07) is 8.05. The molecule has 0 amide bonds. The largest absolute Gasteiger partial charge is 0.381 e. The quantitative estimate of drug-likeness (QED) is 0.677. The summed E-state index contributed by atoms with van der Waals surface area (Å²) >= 11 is 6.30. The van der Waals surface area contributed by atoms with Crippen molar-refractivity contribution in [3.05, 3.63) is 29.3 Å². The molecule has 2 aliphatic heterocycles. The minimum atomic E-state index is 0.608. The van der Waals surface area contributed by atoms with Crippen molar-refractivity contribution in [3.63, 3.8) is 0 Å². The minimum Gasteiger partial charge on any atom is -0.381 e. The van der Waals surface area contributed by atoms with Crippen molar-refractivity contribution in [1.29, 1.82) is 0 Å². The van der Waals surface area contributed by atoms with Crippen LogP contribution in [0.4, 0.5) is 5.69 Å². The van der Waals surface area contributed by atoms with E-state index in [1.165, 1.54) is 0 Å². The zero-order valence-electron chi connectivity index (χ0n) is 13.7. The SMILES string of the molecule is CN=C(NCC1CCOC1)N1CCN(c2ccccc2Cl)CC1. The smallest absolute Gasteiger partial charge is 0.193 e. The summed E-state index contributed by atoms with van der Waals surface area (Å²) in [6.45, 7) is 6.51. The van der Waals surface area contributed by atoms with Crippen molar-refractivity contribution in [2.24, 2.45) is 10.9 Å². The Morgan fingerprint density at radius 1 is 1.30 bits per heavy atom. The number of anilines is 1. The van der Waals surface area contributed by atoms with Crippen molar-refractivity contribution in [3.8, 4) is 0 Å². The van der Waals surface area contributed by atoms with Gasteiger partial charge in [0.15, 0.2) is 5.96 Å². The Morgan fingerprint density at radius 2 is 2.09 bits per heavy atom. The molecule has 6 heteroatoms. The average molecular weight is 337 g/mol. The number of nitrogens with zero attached hydrogens (tertiary/aromatic N) is 3. The van der Waals surface area contributed by atoms with Gasteiger partial charge in [0, 0.05) is 52.3 Å². The van der Waals surface area contributed by atoms with Crippen LogP contribution in [-0.4, -0.2) is 63.8 Å². The van der Waals surface area contributed by atoms with Crippen molar-refractivity contribution in [2.75, 3.05) is 57.9 Å². The molecule has 126 valence electrons. The molecule has 1 atom stereocenters. The highest BCUT2D eigenvalue weighted by Crippen LogP contribution is 2.26. The zero-order valence-corrected chi connectivity index (χ0v) is 14.4. The number of rotatable bonds is 3. The van der Waals surface area contributed by atoms with E-state index in [-0.39, 0.29) is 0 Å². The Hall–Kier alpha value is -1.46. The maximum absolute atomic E-state index is 6.30. The lowest BCUT2D eigenvalue weighted by molar-refractivity contribution is 0.186. The van der Waals surface area contributed by atoms with Crippen LogP contribution in [0.25, 0.3) is 0 Å². The minimum absolute atomic E-state index is 0.608. The van der Waals surface area contributed by atoms with Crippen molar-refractivity contribution in [1.82, 2.24) is 10.2 Å². The van der Waals surface area contributed by atoms with Gasteiger partial charge in [0.05, 0.1) is 17.3 Å². The number of nitrogens with one attached hydrogen (secondary N) is 1. The van der Waals surface area contributed by atoms with Crippen LogP contribution in [0.15, 0.2) is 29.3 Å². The van der Waals surface area contributed by atoms with Gasteiger partial charge >= 0.3 is 0 Å². The molecule has 0 aromatic heterocycles. The summed E-state index contributed by atoms with van der Waals surface area (Å²) in [7, 11) is 1.86. The van der Waals surface area contributed by atoms with Gasteiger partial charge in [-0.1, -0.05) is 23.7 Å². The van der Waals surface area contributed by atoms with Crippen LogP contribution in [0, 0.1) is 5.92 Å². The molecule has 0 saturated carbocycles. The number of guanidine groups is 1. The van der Waals surface area contributed by atoms with E-state index in [9.17, 15) is 0 Å². The highest BCUT2D eigenvalue weighted by atomic mass is 35.5. The summed E-state index contributed by atoms with van der Waals surface area (Å²) in [5.41, 5.74) is 1.12. The first kappa shape index (κ1) is 16.4. The Labute approximate surface area is 143 Å². The molecule has 0 spiro atoms. The highest BCUT2D eigenvalue weighted by Gasteiger charge is 2.22. The fourth-order valence-corrected chi connectivity index (χ4v) is 3.43. The van der Waals surface area contributed by atoms with E-state index in [4.69, 9.17) is 16.3 Å². The van der Waals surface area contributed by atoms with Crippen molar-refractivity contribution >= 4 is 23.2 Å². The van der Waals surface area contributed by atoms with E-state index in [1.54, 1.807) is 0 Å². The van der Waals surface area contributed by atoms with E-state index in [1.807, 2.05) is 25.2 Å². The number of piperazine rings is 1. The van der Waals surface area contributed by atoms with Gasteiger partial charge in [-0.2, -0.15) is 0 Å². The number of aliphatic imine (C=N–C) groups is 1. The van der Waals surface area contributed by atoms with Crippen LogP contribution >= 0.6 is 11.6 Å². The topological polar surface area (TPSA) is 40.1 Å². The van der Waals surface area contributed by atoms with Crippen LogP contribution < -0.4 is 10.2 Å². The number of hydrogen-bond acceptors (Lipinski definition) is 3. The summed E-state index contributed by atoms with van der Waals surface area (Å²) < 4.78 is 5.43. The van der Waals surface area contributed by atoms with Crippen LogP contribution in [0.5, 0.6) is 0 Å². The first-order valence-corrected chi connectivity index (χ1v) is 8.68. The van der Waals surface area contributed by atoms with Crippen molar-refractivity contribution < 1.29 is 4.74 Å². The molecule has 1 N–H and O–H groups in total. The molecule has 2 saturated heterocycles. The molecular weight excluding hydrogens is 312 g/mol. The van der Waals surface area contributed by atoms with E-state index in [0.29, 0.717) is 5.92 Å². The van der Waals surface area contributed by atoms with Gasteiger partial charge in [-0.05, 0) is 18.6 Å². The van der Waals surface area contributed by atoms with E-state index in [2.05, 4.69) is 26.2 Å². The maximum Gasteiger partial charge on any atom is 0.193 e. The number of hydrogen-bond donors (Lipinski definition) is 1. The van der Waals surface area contributed by atoms with Gasteiger partial charge in [-0.15, -0.1) is 0 Å². The summed E-state index contributed by atoms with van der Waals surface area (Å²) in [4.78, 5) is 9.10. The standard InChI is InChI=1S/C17H25ClN4O/c1-19-17(20-12-14-6-11-23-13-14)22-9-7-21(8-10-22)16-5-3-2-4-15(16)18/h2-5,14H,6-13H2,1H3,(H,19,20). The molecular formula is C17H25ClN4O. The Balaban J connectivity index is 1.52. The van der Waals surface area contributed by atoms with Gasteiger partial charge < -0.3 is 19.9 Å². The van der Waals surface area contributed by atoms with Gasteiger partial charge in [0.25, 0.3) is 0 Å². The summed E-state index contributed by atoms with van der Waals surface area (Å²) in [6.07, 6.45) is 1.14. The molecule has 2 fully saturated rings. The monoisotopic (exact) mass is 336 g/mol. The third-order valence-corrected chi connectivity index (χ3v) is 4.88. The second-order valence-corrected chi connectivity index (χ2v) is 6.49. The molecule has 2 heterocycles. The molecule has 1 aromatic carbocycles. The fraction of sp³-hybridized carbons (Fsp3) is 0.588. The number of para-hydroxylation sites is 1. The molecule has 5 nitrogen and oxygen atoms in total. The van der Waals surface area contributed by atoms with E-state index < -0.39 is 0 Å². The number of halogens is 1. The number of benzene rings is 1. The Kier molecular flexibility index (Phi) is 5.62. The van der Waals surface area contributed by atoms with Crippen molar-refractivity contribution in [2.45, 2.75) is 6.42 Å². The molecule has 0 radical (unpaired) electrons. The average Bonchev–Trinajstić information content (AvgIpc) is 3.10. The first-order valence-electron chi connectivity index (χ1n) is 8.30. The first-order chi connectivity index (χ1) is 11.3. The van der Waals surface area contributed by atoms with E-state index >= 15 is 0 Å². The maximum atomic E-state index is 6.30. The summed E-state index contributed by atoms with van der Waals surface area (Å²) in [5, 5.41) is 4.32. The lowest BCUT2D eigenvalue weighted by Crippen LogP contribution is -2.53. The predicted octanol–water partition coefficient (Wildman–Crippen LogP) is 2.07. The van der Waals surface area contributed by atoms with Crippen LogP contribution in [0.3, 0.4) is 0 Å². The van der Waals surface area contributed by atoms with Gasteiger partial charge in [0.1, 0.15) is 0 Å². The summed E-state index contributed by atoms with van der Waals surface area (Å²) in [5.74, 6) is 1.60. The Bertz CT molecular complexity index is 537. The van der Waals surface area contributed by atoms with Gasteiger partial charge in [0.2, 0.25) is 0 Å². The molecule has 1 unspecified atom stereocenters.